The fourth-order valence-electron chi connectivity index (χ4n) is 3.52. The van der Waals surface area contributed by atoms with Crippen molar-refractivity contribution in [2.45, 2.75) is 69.6 Å². The summed E-state index contributed by atoms with van der Waals surface area (Å²) >= 11 is -1.48. The van der Waals surface area contributed by atoms with Crippen molar-refractivity contribution in [3.63, 3.8) is 0 Å². The molecule has 1 heterocycles. The van der Waals surface area contributed by atoms with E-state index in [0.717, 1.165) is 22.6 Å². The number of hydrogen-bond donors (Lipinski definition) is 1. The first-order valence-corrected chi connectivity index (χ1v) is 11.6. The Morgan fingerprint density at radius 2 is 1.48 bits per heavy atom. The van der Waals surface area contributed by atoms with Crippen molar-refractivity contribution in [3.8, 4) is 5.75 Å². The normalized spacial score (nSPS) is 16.8. The average molecular weight is 384 g/mol. The van der Waals surface area contributed by atoms with Crippen LogP contribution in [0.25, 0.3) is 5.76 Å². The predicted octanol–water partition coefficient (Wildman–Crippen LogP) is 7.47. The molecule has 2 aromatic rings. The van der Waals surface area contributed by atoms with Gasteiger partial charge in [-0.05, 0) is 36.6 Å². The fraction of sp³-hybridized carbons (Fsp3) is 0.417. The summed E-state index contributed by atoms with van der Waals surface area (Å²) in [4.78, 5) is 0.869. The first-order chi connectivity index (χ1) is 13.3. The molecular formula is C24H31O2S. The topological polar surface area (TPSA) is 29.1 Å². The summed E-state index contributed by atoms with van der Waals surface area (Å²) < 4.78 is 18.2. The zero-order chi connectivity index (χ0) is 18.9. The molecule has 27 heavy (non-hydrogen) atoms. The van der Waals surface area contributed by atoms with Crippen LogP contribution in [-0.4, -0.2) is 0 Å². The lowest BCUT2D eigenvalue weighted by atomic mass is 10.0. The van der Waals surface area contributed by atoms with Gasteiger partial charge in [-0.25, -0.2) is 0 Å². The summed E-state index contributed by atoms with van der Waals surface area (Å²) in [6.45, 7) is 2.27. The summed E-state index contributed by atoms with van der Waals surface area (Å²) in [6, 6.07) is 16.1. The number of benzene rings is 2. The molecule has 3 rings (SSSR count). The Morgan fingerprint density at radius 1 is 0.815 bits per heavy atom. The van der Waals surface area contributed by atoms with Gasteiger partial charge < -0.3 is 4.74 Å². The number of thiol groups is 1. The first kappa shape index (κ1) is 20.0. The Bertz CT molecular complexity index is 736. The molecule has 0 saturated carbocycles. The highest BCUT2D eigenvalue weighted by molar-refractivity contribution is 8.15. The second-order valence-electron chi connectivity index (χ2n) is 7.31. The standard InChI is InChI=1S/C24H31O2S/c1-2-3-4-5-6-7-8-9-12-20-15-17-21(18-16-20)26-23-19-27(25)24-14-11-10-13-22(23)24/h10-11,13-19,27H,2-9,12H2,1H3. The Kier molecular flexibility index (Phi) is 7.85. The molecule has 1 aliphatic rings. The van der Waals surface area contributed by atoms with Gasteiger partial charge in [-0.3, -0.25) is 0 Å². The van der Waals surface area contributed by atoms with Gasteiger partial charge in [-0.2, -0.15) is 4.55 Å². The zero-order valence-corrected chi connectivity index (χ0v) is 17.2. The fourth-order valence-corrected chi connectivity index (χ4v) is 4.71. The van der Waals surface area contributed by atoms with E-state index >= 15 is 0 Å². The van der Waals surface area contributed by atoms with Gasteiger partial charge in [0, 0.05) is 15.9 Å². The van der Waals surface area contributed by atoms with E-state index in [4.69, 9.17) is 4.74 Å². The molecule has 1 atom stereocenters. The average Bonchev–Trinajstić information content (AvgIpc) is 3.01. The second-order valence-corrected chi connectivity index (χ2v) is 8.70. The summed E-state index contributed by atoms with van der Waals surface area (Å²) in [7, 11) is 0. The van der Waals surface area contributed by atoms with Crippen LogP contribution >= 0.6 is 11.2 Å². The zero-order valence-electron chi connectivity index (χ0n) is 16.3. The van der Waals surface area contributed by atoms with E-state index in [1.807, 2.05) is 36.4 Å². The van der Waals surface area contributed by atoms with Crippen molar-refractivity contribution < 1.29 is 9.29 Å². The van der Waals surface area contributed by atoms with Gasteiger partial charge in [0.15, 0.2) is 0 Å². The molecule has 1 radical (unpaired) electrons. The Morgan fingerprint density at radius 3 is 2.22 bits per heavy atom. The molecule has 2 nitrogen and oxygen atoms in total. The molecule has 3 heteroatoms. The number of unbranched alkanes of at least 4 members (excludes halogenated alkanes) is 7. The molecule has 0 spiro atoms. The highest BCUT2D eigenvalue weighted by Crippen LogP contribution is 2.47. The smallest absolute Gasteiger partial charge is 0.142 e. The number of hydrogen-bond acceptors (Lipinski definition) is 1. The largest absolute Gasteiger partial charge is 0.456 e. The van der Waals surface area contributed by atoms with E-state index in [0.29, 0.717) is 5.76 Å². The molecule has 0 saturated heterocycles. The first-order valence-electron chi connectivity index (χ1n) is 10.3. The van der Waals surface area contributed by atoms with Gasteiger partial charge in [0.25, 0.3) is 0 Å². The van der Waals surface area contributed by atoms with Gasteiger partial charge in [0.05, 0.1) is 0 Å². The maximum Gasteiger partial charge on any atom is 0.142 e. The van der Waals surface area contributed by atoms with Crippen LogP contribution in [0.1, 0.15) is 69.4 Å². The van der Waals surface area contributed by atoms with Gasteiger partial charge in [-0.15, -0.1) is 0 Å². The summed E-state index contributed by atoms with van der Waals surface area (Å²) in [5, 5.41) is 1.73. The summed E-state index contributed by atoms with van der Waals surface area (Å²) in [6.07, 6.45) is 11.9. The van der Waals surface area contributed by atoms with Gasteiger partial charge >= 0.3 is 0 Å². The van der Waals surface area contributed by atoms with Crippen LogP contribution in [0.4, 0.5) is 0 Å². The van der Waals surface area contributed by atoms with Crippen LogP contribution < -0.4 is 4.74 Å². The molecule has 2 aromatic carbocycles. The van der Waals surface area contributed by atoms with Crippen molar-refractivity contribution in [2.75, 3.05) is 0 Å². The number of ether oxygens (including phenoxy) is 1. The van der Waals surface area contributed by atoms with Crippen molar-refractivity contribution in [3.05, 3.63) is 65.1 Å². The maximum atomic E-state index is 12.2. The quantitative estimate of drug-likeness (QED) is 0.316. The molecule has 145 valence electrons. The van der Waals surface area contributed by atoms with Crippen molar-refractivity contribution in [1.82, 2.24) is 0 Å². The third-order valence-electron chi connectivity index (χ3n) is 5.11. The van der Waals surface area contributed by atoms with Crippen LogP contribution in [0.15, 0.2) is 58.8 Å². The molecule has 0 aliphatic carbocycles. The lowest BCUT2D eigenvalue weighted by Gasteiger charge is -2.09. The third-order valence-corrected chi connectivity index (χ3v) is 6.45. The molecule has 1 unspecified atom stereocenters. The number of aryl methyl sites for hydroxylation is 1. The van der Waals surface area contributed by atoms with Gasteiger partial charge in [0.1, 0.15) is 11.5 Å². The molecule has 0 bridgehead atoms. The molecule has 0 N–H and O–H groups in total. The highest BCUT2D eigenvalue weighted by Gasteiger charge is 2.21. The molecule has 1 aliphatic heterocycles. The van der Waals surface area contributed by atoms with E-state index in [2.05, 4.69) is 19.1 Å². The maximum absolute atomic E-state index is 12.2. The molecule has 0 amide bonds. The van der Waals surface area contributed by atoms with Crippen molar-refractivity contribution in [1.29, 1.82) is 0 Å². The summed E-state index contributed by atoms with van der Waals surface area (Å²) in [5.41, 5.74) is 2.31. The van der Waals surface area contributed by atoms with Crippen LogP contribution in [0.5, 0.6) is 5.75 Å². The SMILES string of the molecule is CCCCCCCCCCc1ccc(OC2=C[SH]([O])c3ccccc32)cc1. The summed E-state index contributed by atoms with van der Waals surface area (Å²) in [5.74, 6) is 1.52. The van der Waals surface area contributed by atoms with E-state index in [9.17, 15) is 4.55 Å². The van der Waals surface area contributed by atoms with E-state index in [-0.39, 0.29) is 0 Å². The van der Waals surface area contributed by atoms with Crippen LogP contribution in [0.2, 0.25) is 0 Å². The Balaban J connectivity index is 1.41. The molecular weight excluding hydrogens is 352 g/mol. The highest BCUT2D eigenvalue weighted by atomic mass is 32.2. The van der Waals surface area contributed by atoms with Crippen molar-refractivity contribution >= 4 is 16.9 Å². The van der Waals surface area contributed by atoms with Crippen molar-refractivity contribution in [2.24, 2.45) is 0 Å². The third kappa shape index (κ3) is 5.88. The minimum Gasteiger partial charge on any atom is -0.456 e. The van der Waals surface area contributed by atoms with Gasteiger partial charge in [-0.1, -0.05) is 93.4 Å². The minimum atomic E-state index is -1.48. The van der Waals surface area contributed by atoms with Gasteiger partial charge in [0.2, 0.25) is 0 Å². The van der Waals surface area contributed by atoms with E-state index < -0.39 is 11.2 Å². The van der Waals surface area contributed by atoms with E-state index in [1.54, 1.807) is 5.41 Å². The molecule has 0 aromatic heterocycles. The Hall–Kier alpha value is -1.71. The minimum absolute atomic E-state index is 0.711. The van der Waals surface area contributed by atoms with Crippen LogP contribution in [-0.2, 0) is 11.0 Å². The number of rotatable bonds is 11. The lowest BCUT2D eigenvalue weighted by Crippen LogP contribution is -1.93. The lowest BCUT2D eigenvalue weighted by molar-refractivity contribution is 0.514. The predicted molar refractivity (Wildman–Crippen MR) is 116 cm³/mol. The number of fused-ring (bicyclic) bond motifs is 1. The van der Waals surface area contributed by atoms with Crippen LogP contribution in [0, 0.1) is 0 Å². The van der Waals surface area contributed by atoms with E-state index in [1.165, 1.54) is 56.9 Å². The van der Waals surface area contributed by atoms with Crippen LogP contribution in [0.3, 0.4) is 0 Å². The monoisotopic (exact) mass is 383 g/mol. The second kappa shape index (κ2) is 10.6. The Labute approximate surface area is 166 Å². The molecule has 0 fully saturated rings.